The summed E-state index contributed by atoms with van der Waals surface area (Å²) < 4.78 is 0. The van der Waals surface area contributed by atoms with Crippen LogP contribution in [0.2, 0.25) is 0 Å². The van der Waals surface area contributed by atoms with Crippen molar-refractivity contribution in [1.82, 2.24) is 25.8 Å². The Labute approximate surface area is 258 Å². The van der Waals surface area contributed by atoms with Crippen LogP contribution in [0.4, 0.5) is 10.5 Å². The van der Waals surface area contributed by atoms with Crippen molar-refractivity contribution in [2.75, 3.05) is 24.5 Å². The second-order valence-electron chi connectivity index (χ2n) is 13.5. The van der Waals surface area contributed by atoms with Gasteiger partial charge in [-0.25, -0.2) is 4.79 Å². The van der Waals surface area contributed by atoms with Gasteiger partial charge in [0.15, 0.2) is 0 Å². The van der Waals surface area contributed by atoms with Crippen LogP contribution >= 0.6 is 11.8 Å². The average molecular weight is 606 g/mol. The second kappa shape index (κ2) is 12.3. The van der Waals surface area contributed by atoms with Gasteiger partial charge in [0, 0.05) is 36.4 Å². The van der Waals surface area contributed by atoms with Gasteiger partial charge in [-0.3, -0.25) is 19.5 Å². The van der Waals surface area contributed by atoms with Crippen molar-refractivity contribution in [2.24, 2.45) is 17.3 Å². The van der Waals surface area contributed by atoms with E-state index in [0.29, 0.717) is 29.6 Å². The van der Waals surface area contributed by atoms with Crippen molar-refractivity contribution >= 4 is 35.3 Å². The third kappa shape index (κ3) is 6.60. The first-order chi connectivity index (χ1) is 20.4. The number of amides is 4. The highest BCUT2D eigenvalue weighted by Gasteiger charge is 2.52. The number of allylic oxidation sites excluding steroid dienone is 1. The molecule has 4 atom stereocenters. The van der Waals surface area contributed by atoms with Crippen LogP contribution in [-0.2, 0) is 16.0 Å². The van der Waals surface area contributed by atoms with E-state index in [2.05, 4.69) is 35.9 Å². The van der Waals surface area contributed by atoms with Crippen LogP contribution in [0.3, 0.4) is 0 Å². The Hall–Kier alpha value is -3.36. The first-order valence-electron chi connectivity index (χ1n) is 15.3. The van der Waals surface area contributed by atoms with Crippen LogP contribution < -0.4 is 20.9 Å². The van der Waals surface area contributed by atoms with E-state index in [-0.39, 0.29) is 52.2 Å². The number of hydrogen-bond donors (Lipinski definition) is 3. The molecule has 1 aromatic rings. The molecule has 0 saturated carbocycles. The lowest BCUT2D eigenvalue weighted by Gasteiger charge is -2.46. The van der Waals surface area contributed by atoms with Gasteiger partial charge in [-0.2, -0.15) is 5.26 Å². The predicted octanol–water partition coefficient (Wildman–Crippen LogP) is 3.98. The van der Waals surface area contributed by atoms with E-state index in [0.717, 1.165) is 49.3 Å². The predicted molar refractivity (Wildman–Crippen MR) is 168 cm³/mol. The summed E-state index contributed by atoms with van der Waals surface area (Å²) in [7, 11) is 0. The highest BCUT2D eigenvalue weighted by molar-refractivity contribution is 8.04. The molecule has 10 nitrogen and oxygen atoms in total. The van der Waals surface area contributed by atoms with Gasteiger partial charge in [0.1, 0.15) is 11.6 Å². The van der Waals surface area contributed by atoms with Crippen molar-refractivity contribution in [2.45, 2.75) is 84.7 Å². The summed E-state index contributed by atoms with van der Waals surface area (Å²) in [5.41, 5.74) is 3.16. The number of carbonyl (C=O) groups excluding carboxylic acids is 3. The number of aromatic nitrogens is 1. The Kier molecular flexibility index (Phi) is 8.91. The summed E-state index contributed by atoms with van der Waals surface area (Å²) in [4.78, 5) is 49.3. The molecule has 230 valence electrons. The molecule has 43 heavy (non-hydrogen) atoms. The monoisotopic (exact) mass is 605 g/mol. The van der Waals surface area contributed by atoms with E-state index in [4.69, 9.17) is 4.98 Å². The minimum absolute atomic E-state index is 0.0313. The summed E-state index contributed by atoms with van der Waals surface area (Å²) in [6.45, 7) is 13.8. The van der Waals surface area contributed by atoms with Gasteiger partial charge >= 0.3 is 6.03 Å². The van der Waals surface area contributed by atoms with Crippen LogP contribution in [0.5, 0.6) is 0 Å². The molecule has 4 aliphatic rings. The van der Waals surface area contributed by atoms with E-state index in [1.165, 1.54) is 11.8 Å². The van der Waals surface area contributed by atoms with E-state index < -0.39 is 0 Å². The van der Waals surface area contributed by atoms with E-state index in [1.54, 1.807) is 11.0 Å². The zero-order valence-electron chi connectivity index (χ0n) is 26.0. The number of urea groups is 1. The number of nitriles is 1. The van der Waals surface area contributed by atoms with Crippen molar-refractivity contribution in [1.29, 1.82) is 5.26 Å². The minimum Gasteiger partial charge on any atom is -0.347 e. The number of nitrogens with zero attached hydrogens (tertiary/aromatic N) is 4. The zero-order chi connectivity index (χ0) is 31.1. The molecule has 3 fully saturated rings. The largest absolute Gasteiger partial charge is 0.347 e. The fraction of sp³-hybridized carbons (Fsp3) is 0.594. The number of thioether (sulfide) groups is 1. The highest BCUT2D eigenvalue weighted by Crippen LogP contribution is 2.48. The number of carbonyl (C=O) groups is 3. The molecule has 1 aromatic heterocycles. The second-order valence-corrected chi connectivity index (χ2v) is 14.7. The Bertz CT molecular complexity index is 1410. The molecule has 4 aliphatic heterocycles. The number of piperidine rings is 2. The average Bonchev–Trinajstić information content (AvgIpc) is 3.31. The van der Waals surface area contributed by atoms with Crippen LogP contribution in [0.1, 0.15) is 65.3 Å². The number of likely N-dealkylation sites (tertiary alicyclic amines) is 1. The summed E-state index contributed by atoms with van der Waals surface area (Å²) in [6.07, 6.45) is 4.82. The van der Waals surface area contributed by atoms with E-state index in [1.807, 2.05) is 44.7 Å². The lowest BCUT2D eigenvalue weighted by Crippen LogP contribution is -2.62. The number of hydrogen-bond acceptors (Lipinski definition) is 7. The molecule has 11 heteroatoms. The molecular weight excluding hydrogens is 562 g/mol. The zero-order valence-corrected chi connectivity index (χ0v) is 26.8. The molecule has 3 N–H and O–H groups in total. The molecule has 0 bridgehead atoms. The minimum atomic E-state index is -0.299. The first-order valence-corrected chi connectivity index (χ1v) is 16.2. The molecule has 3 saturated heterocycles. The first kappa shape index (κ1) is 31.1. The van der Waals surface area contributed by atoms with Gasteiger partial charge in [-0.15, -0.1) is 0 Å². The fourth-order valence-electron chi connectivity index (χ4n) is 6.57. The van der Waals surface area contributed by atoms with Gasteiger partial charge < -0.3 is 20.9 Å². The molecular formula is C32H43N7O3S. The number of rotatable bonds is 6. The maximum atomic E-state index is 13.7. The molecule has 0 spiro atoms. The molecule has 5 heterocycles. The SMILES string of the molecule is Cc1nc(CC(C)C)ccc1N1C(=O)NC2=C(C(=O)N[C@@H]3CCCN(C(=O)/C(C#N)=C/C(C)(C)C)C3)SC3NCCC1C23. The van der Waals surface area contributed by atoms with Gasteiger partial charge in [-0.1, -0.05) is 52.5 Å². The molecule has 4 amide bonds. The Morgan fingerprint density at radius 3 is 2.72 bits per heavy atom. The van der Waals surface area contributed by atoms with Crippen LogP contribution in [0.25, 0.3) is 0 Å². The number of nitrogens with one attached hydrogen (secondary N) is 3. The van der Waals surface area contributed by atoms with Crippen molar-refractivity contribution < 1.29 is 14.4 Å². The van der Waals surface area contributed by atoms with Gasteiger partial charge in [-0.05, 0) is 62.6 Å². The molecule has 0 radical (unpaired) electrons. The molecule has 0 aliphatic carbocycles. The number of aryl methyl sites for hydroxylation is 1. The lowest BCUT2D eigenvalue weighted by atomic mass is 9.86. The van der Waals surface area contributed by atoms with Gasteiger partial charge in [0.05, 0.1) is 27.7 Å². The maximum Gasteiger partial charge on any atom is 0.326 e. The smallest absolute Gasteiger partial charge is 0.326 e. The third-order valence-corrected chi connectivity index (χ3v) is 9.67. The van der Waals surface area contributed by atoms with Gasteiger partial charge in [0.2, 0.25) is 0 Å². The summed E-state index contributed by atoms with van der Waals surface area (Å²) in [6, 6.07) is 5.50. The maximum absolute atomic E-state index is 13.7. The molecule has 0 aromatic carbocycles. The van der Waals surface area contributed by atoms with Crippen LogP contribution in [-0.4, -0.2) is 64.8 Å². The highest BCUT2D eigenvalue weighted by atomic mass is 32.2. The summed E-state index contributed by atoms with van der Waals surface area (Å²) >= 11 is 1.47. The standard InChI is InChI=1S/C32H43N7O3S/c1-18(2)14-21-9-10-23(19(3)35-21)39-24-11-12-34-29-25(24)26(37-31(39)42)27(43-29)28(40)36-22-8-7-13-38(17-22)30(41)20(16-33)15-32(4,5)6/h9-10,15,18,22,24-25,29,34H,7-8,11-14,17H2,1-6H3,(H,36,40)(H,37,42)/b20-15+/t22-,24?,25?,29?/m1/s1. The van der Waals surface area contributed by atoms with E-state index >= 15 is 0 Å². The van der Waals surface area contributed by atoms with Gasteiger partial charge in [0.25, 0.3) is 11.8 Å². The molecule has 5 rings (SSSR count). The Morgan fingerprint density at radius 1 is 1.28 bits per heavy atom. The van der Waals surface area contributed by atoms with E-state index in [9.17, 15) is 19.6 Å². The Balaban J connectivity index is 1.33. The summed E-state index contributed by atoms with van der Waals surface area (Å²) in [5, 5.41) is 19.3. The fourth-order valence-corrected chi connectivity index (χ4v) is 7.97. The number of anilines is 1. The Morgan fingerprint density at radius 2 is 2.05 bits per heavy atom. The van der Waals surface area contributed by atoms with Crippen molar-refractivity contribution in [3.63, 3.8) is 0 Å². The number of pyridine rings is 1. The third-order valence-electron chi connectivity index (χ3n) is 8.31. The quantitative estimate of drug-likeness (QED) is 0.330. The van der Waals surface area contributed by atoms with Crippen LogP contribution in [0, 0.1) is 35.5 Å². The van der Waals surface area contributed by atoms with Crippen molar-refractivity contribution in [3.8, 4) is 6.07 Å². The molecule has 3 unspecified atom stereocenters. The van der Waals surface area contributed by atoms with Crippen molar-refractivity contribution in [3.05, 3.63) is 45.8 Å². The normalized spacial score (nSPS) is 25.8. The lowest BCUT2D eigenvalue weighted by molar-refractivity contribution is -0.129. The summed E-state index contributed by atoms with van der Waals surface area (Å²) in [5.74, 6) is -0.0958. The van der Waals surface area contributed by atoms with Crippen LogP contribution in [0.15, 0.2) is 34.4 Å². The topological polar surface area (TPSA) is 130 Å².